The molecule has 108 valence electrons. The Morgan fingerprint density at radius 1 is 1.40 bits per heavy atom. The van der Waals surface area contributed by atoms with E-state index in [0.29, 0.717) is 19.1 Å². The van der Waals surface area contributed by atoms with Gasteiger partial charge in [-0.15, -0.1) is 0 Å². The molecule has 0 aliphatic carbocycles. The molecule has 1 aromatic heterocycles. The summed E-state index contributed by atoms with van der Waals surface area (Å²) in [7, 11) is 0. The summed E-state index contributed by atoms with van der Waals surface area (Å²) in [5.41, 5.74) is 6.70. The van der Waals surface area contributed by atoms with Crippen LogP contribution in [0.5, 0.6) is 5.75 Å². The Morgan fingerprint density at radius 2 is 2.20 bits per heavy atom. The van der Waals surface area contributed by atoms with Gasteiger partial charge in [-0.2, -0.15) is 5.10 Å². The van der Waals surface area contributed by atoms with E-state index in [1.165, 1.54) is 0 Å². The van der Waals surface area contributed by atoms with Crippen molar-refractivity contribution in [3.8, 4) is 5.75 Å². The second kappa shape index (κ2) is 6.85. The number of aromatic nitrogens is 3. The van der Waals surface area contributed by atoms with Gasteiger partial charge in [0.05, 0.1) is 0 Å². The van der Waals surface area contributed by atoms with Crippen molar-refractivity contribution in [3.63, 3.8) is 0 Å². The highest BCUT2D eigenvalue weighted by molar-refractivity contribution is 9.10. The maximum Gasteiger partial charge on any atom is 0.164 e. The first-order valence-electron chi connectivity index (χ1n) is 6.58. The van der Waals surface area contributed by atoms with Crippen LogP contribution in [0.15, 0.2) is 29.0 Å². The summed E-state index contributed by atoms with van der Waals surface area (Å²) < 4.78 is 8.65. The monoisotopic (exact) mass is 338 g/mol. The number of ether oxygens (including phenoxy) is 1. The molecule has 0 saturated carbocycles. The van der Waals surface area contributed by atoms with E-state index in [1.54, 1.807) is 6.33 Å². The minimum atomic E-state index is 0.401. The molecule has 5 nitrogen and oxygen atoms in total. The first kappa shape index (κ1) is 15.0. The van der Waals surface area contributed by atoms with Gasteiger partial charge in [-0.3, -0.25) is 0 Å². The number of nitrogens with two attached hydrogens (primary N) is 1. The van der Waals surface area contributed by atoms with Crippen LogP contribution in [0.2, 0.25) is 0 Å². The van der Waals surface area contributed by atoms with E-state index in [1.807, 2.05) is 22.9 Å². The van der Waals surface area contributed by atoms with Crippen LogP contribution in [0.4, 0.5) is 0 Å². The molecule has 2 N–H and O–H groups in total. The fourth-order valence-corrected chi connectivity index (χ4v) is 2.25. The molecular weight excluding hydrogens is 320 g/mol. The Hall–Kier alpha value is -1.40. The molecule has 0 radical (unpaired) electrons. The second-order valence-electron chi connectivity index (χ2n) is 5.00. The summed E-state index contributed by atoms with van der Waals surface area (Å²) in [5.74, 6) is 2.13. The molecule has 0 amide bonds. The quantitative estimate of drug-likeness (QED) is 0.879. The van der Waals surface area contributed by atoms with Crippen LogP contribution in [0.25, 0.3) is 0 Å². The molecule has 0 aliphatic rings. The maximum absolute atomic E-state index is 5.77. The molecule has 0 bridgehead atoms. The first-order chi connectivity index (χ1) is 9.60. The maximum atomic E-state index is 5.77. The van der Waals surface area contributed by atoms with E-state index in [4.69, 9.17) is 10.5 Å². The Balaban J connectivity index is 2.03. The van der Waals surface area contributed by atoms with Crippen molar-refractivity contribution in [1.82, 2.24) is 14.8 Å². The number of hydrogen-bond acceptors (Lipinski definition) is 4. The van der Waals surface area contributed by atoms with Gasteiger partial charge in [-0.05, 0) is 29.7 Å². The van der Waals surface area contributed by atoms with Gasteiger partial charge in [0, 0.05) is 17.6 Å². The van der Waals surface area contributed by atoms with E-state index >= 15 is 0 Å². The summed E-state index contributed by atoms with van der Waals surface area (Å²) in [6, 6.07) is 5.79. The lowest BCUT2D eigenvalue weighted by Gasteiger charge is -2.11. The Bertz CT molecular complexity index is 568. The van der Waals surface area contributed by atoms with Crippen LogP contribution in [-0.4, -0.2) is 14.8 Å². The molecule has 0 fully saturated rings. The normalized spacial score (nSPS) is 11.1. The molecule has 1 heterocycles. The first-order valence-corrected chi connectivity index (χ1v) is 7.37. The van der Waals surface area contributed by atoms with Gasteiger partial charge in [0.25, 0.3) is 0 Å². The van der Waals surface area contributed by atoms with Crippen LogP contribution < -0.4 is 10.5 Å². The van der Waals surface area contributed by atoms with Gasteiger partial charge in [0.2, 0.25) is 0 Å². The van der Waals surface area contributed by atoms with E-state index in [9.17, 15) is 0 Å². The van der Waals surface area contributed by atoms with Crippen molar-refractivity contribution < 1.29 is 4.74 Å². The Kier molecular flexibility index (Phi) is 5.14. The van der Waals surface area contributed by atoms with E-state index in [-0.39, 0.29) is 0 Å². The van der Waals surface area contributed by atoms with Gasteiger partial charge in [-0.25, -0.2) is 9.67 Å². The minimum absolute atomic E-state index is 0.401. The SMILES string of the molecule is CC(C)Cn1ncnc1COc1ccc(Br)c(CN)c1. The zero-order chi connectivity index (χ0) is 14.5. The van der Waals surface area contributed by atoms with Gasteiger partial charge < -0.3 is 10.5 Å². The third-order valence-corrected chi connectivity index (χ3v) is 3.61. The number of rotatable bonds is 6. The van der Waals surface area contributed by atoms with Crippen LogP contribution >= 0.6 is 15.9 Å². The number of nitrogens with zero attached hydrogens (tertiary/aromatic N) is 3. The summed E-state index contributed by atoms with van der Waals surface area (Å²) in [5, 5.41) is 4.21. The van der Waals surface area contributed by atoms with Gasteiger partial charge in [-0.1, -0.05) is 29.8 Å². The Morgan fingerprint density at radius 3 is 2.90 bits per heavy atom. The molecule has 2 aromatic rings. The molecule has 0 saturated heterocycles. The van der Waals surface area contributed by atoms with Gasteiger partial charge >= 0.3 is 0 Å². The number of hydrogen-bond donors (Lipinski definition) is 1. The van der Waals surface area contributed by atoms with Crippen LogP contribution in [0.3, 0.4) is 0 Å². The predicted octanol–water partition coefficient (Wildman–Crippen LogP) is 2.73. The lowest BCUT2D eigenvalue weighted by molar-refractivity contribution is 0.282. The fourth-order valence-electron chi connectivity index (χ4n) is 1.84. The predicted molar refractivity (Wildman–Crippen MR) is 81.2 cm³/mol. The van der Waals surface area contributed by atoms with Crippen molar-refractivity contribution in [3.05, 3.63) is 40.4 Å². The van der Waals surface area contributed by atoms with Crippen molar-refractivity contribution in [2.45, 2.75) is 33.5 Å². The molecule has 6 heteroatoms. The average Bonchev–Trinajstić information content (AvgIpc) is 2.84. The number of benzene rings is 1. The zero-order valence-corrected chi connectivity index (χ0v) is 13.3. The molecule has 2 rings (SSSR count). The highest BCUT2D eigenvalue weighted by Crippen LogP contribution is 2.22. The molecule has 0 unspecified atom stereocenters. The molecule has 20 heavy (non-hydrogen) atoms. The summed E-state index contributed by atoms with van der Waals surface area (Å²) in [6.07, 6.45) is 1.56. The average molecular weight is 339 g/mol. The third-order valence-electron chi connectivity index (χ3n) is 2.84. The second-order valence-corrected chi connectivity index (χ2v) is 5.85. The molecular formula is C14H19BrN4O. The molecule has 0 spiro atoms. The molecule has 1 aromatic carbocycles. The Labute approximate surface area is 127 Å². The standard InChI is InChI=1S/C14H19BrN4O/c1-10(2)7-19-14(17-9-18-19)8-20-12-3-4-13(15)11(5-12)6-16/h3-5,9-10H,6-8,16H2,1-2H3. The van der Waals surface area contributed by atoms with Crippen LogP contribution in [-0.2, 0) is 19.7 Å². The highest BCUT2D eigenvalue weighted by Gasteiger charge is 2.08. The topological polar surface area (TPSA) is 66.0 Å². The lowest BCUT2D eigenvalue weighted by Crippen LogP contribution is -2.12. The lowest BCUT2D eigenvalue weighted by atomic mass is 10.2. The van der Waals surface area contributed by atoms with E-state index < -0.39 is 0 Å². The summed E-state index contributed by atoms with van der Waals surface area (Å²) in [6.45, 7) is 6.01. The molecule has 0 aliphatic heterocycles. The van der Waals surface area contributed by atoms with Crippen molar-refractivity contribution in [1.29, 1.82) is 0 Å². The fraction of sp³-hybridized carbons (Fsp3) is 0.429. The minimum Gasteiger partial charge on any atom is -0.486 e. The van der Waals surface area contributed by atoms with Crippen molar-refractivity contribution in [2.24, 2.45) is 11.7 Å². The zero-order valence-electron chi connectivity index (χ0n) is 11.7. The van der Waals surface area contributed by atoms with Crippen LogP contribution in [0.1, 0.15) is 25.2 Å². The van der Waals surface area contributed by atoms with E-state index in [2.05, 4.69) is 39.9 Å². The number of halogens is 1. The largest absolute Gasteiger partial charge is 0.486 e. The van der Waals surface area contributed by atoms with Crippen molar-refractivity contribution in [2.75, 3.05) is 0 Å². The smallest absolute Gasteiger partial charge is 0.164 e. The highest BCUT2D eigenvalue weighted by atomic mass is 79.9. The van der Waals surface area contributed by atoms with Gasteiger partial charge in [0.1, 0.15) is 18.7 Å². The van der Waals surface area contributed by atoms with Gasteiger partial charge in [0.15, 0.2) is 5.82 Å². The van der Waals surface area contributed by atoms with E-state index in [0.717, 1.165) is 28.2 Å². The molecule has 0 atom stereocenters. The summed E-state index contributed by atoms with van der Waals surface area (Å²) >= 11 is 3.46. The van der Waals surface area contributed by atoms with Crippen molar-refractivity contribution >= 4 is 15.9 Å². The summed E-state index contributed by atoms with van der Waals surface area (Å²) in [4.78, 5) is 4.24. The third kappa shape index (κ3) is 3.80. The van der Waals surface area contributed by atoms with Crippen LogP contribution in [0, 0.1) is 5.92 Å².